The third-order valence-electron chi connectivity index (χ3n) is 12.5. The van der Waals surface area contributed by atoms with E-state index in [-0.39, 0.29) is 0 Å². The van der Waals surface area contributed by atoms with Crippen molar-refractivity contribution in [2.45, 2.75) is 349 Å². The van der Waals surface area contributed by atoms with E-state index in [2.05, 4.69) is 27.7 Å². The fourth-order valence-electron chi connectivity index (χ4n) is 8.12. The molecule has 8 heteroatoms. The number of hydrogen-bond acceptors (Lipinski definition) is 4. The molecule has 0 fully saturated rings. The van der Waals surface area contributed by atoms with Crippen LogP contribution in [0.4, 0.5) is 0 Å². The Bertz CT molecular complexity index is 898. The van der Waals surface area contributed by atoms with Crippen molar-refractivity contribution in [2.75, 3.05) is 0 Å². The quantitative estimate of drug-likeness (QED) is 0.0441. The van der Waals surface area contributed by atoms with Gasteiger partial charge < -0.3 is 20.4 Å². The van der Waals surface area contributed by atoms with Crippen LogP contribution >= 0.6 is 0 Å². The molecule has 0 rings (SSSR count). The lowest BCUT2D eigenvalue weighted by atomic mass is 10.0. The number of carboxylic acid groups (broad SMARTS) is 4. The van der Waals surface area contributed by atoms with Crippen molar-refractivity contribution < 1.29 is 39.6 Å². The molecule has 0 aromatic rings. The second-order valence-electron chi connectivity index (χ2n) is 19.4. The number of carbonyl (C=O) groups is 4. The first kappa shape index (κ1) is 70.4. The van der Waals surface area contributed by atoms with Gasteiger partial charge in [-0.3, -0.25) is 19.2 Å². The van der Waals surface area contributed by atoms with E-state index in [1.54, 1.807) is 0 Å². The molecule has 0 aliphatic heterocycles. The summed E-state index contributed by atoms with van der Waals surface area (Å²) in [5.74, 6) is -2.62. The Hall–Kier alpha value is -2.12. The van der Waals surface area contributed by atoms with Crippen LogP contribution in [-0.4, -0.2) is 44.3 Å². The summed E-state index contributed by atoms with van der Waals surface area (Å²) in [6, 6.07) is 0. The van der Waals surface area contributed by atoms with E-state index < -0.39 is 23.9 Å². The Kier molecular flexibility index (Phi) is 71.7. The average Bonchev–Trinajstić information content (AvgIpc) is 3.28. The summed E-state index contributed by atoms with van der Waals surface area (Å²) in [5, 5.41) is 33.9. The highest BCUT2D eigenvalue weighted by molar-refractivity contribution is 5.67. The van der Waals surface area contributed by atoms with E-state index in [0.717, 1.165) is 51.4 Å². The van der Waals surface area contributed by atoms with Gasteiger partial charge in [0.25, 0.3) is 0 Å². The van der Waals surface area contributed by atoms with Gasteiger partial charge in [0.05, 0.1) is 0 Å². The molecule has 0 aromatic heterocycles. The molecular formula is C58H116O8. The van der Waals surface area contributed by atoms with Crippen molar-refractivity contribution in [3.05, 3.63) is 0 Å². The highest BCUT2D eigenvalue weighted by Crippen LogP contribution is 2.16. The van der Waals surface area contributed by atoms with Crippen LogP contribution in [0.1, 0.15) is 349 Å². The SMILES string of the molecule is CCCCCCCCCCCC(=O)O.CCCCCCCCCCCCCC(=O)O.CCCCCCCCCCCCCCCC(=O)O.CCCCCCCCCCCCCCCC(=O)O. The van der Waals surface area contributed by atoms with Gasteiger partial charge in [0.1, 0.15) is 0 Å². The van der Waals surface area contributed by atoms with E-state index in [1.165, 1.54) is 244 Å². The second-order valence-corrected chi connectivity index (χ2v) is 19.4. The Morgan fingerprint density at radius 1 is 0.182 bits per heavy atom. The van der Waals surface area contributed by atoms with E-state index >= 15 is 0 Å². The van der Waals surface area contributed by atoms with Crippen molar-refractivity contribution >= 4 is 23.9 Å². The van der Waals surface area contributed by atoms with Gasteiger partial charge in [-0.05, 0) is 25.7 Å². The molecule has 0 spiro atoms. The van der Waals surface area contributed by atoms with Gasteiger partial charge in [-0.1, -0.05) is 297 Å². The van der Waals surface area contributed by atoms with Crippen LogP contribution in [-0.2, 0) is 19.2 Å². The Morgan fingerprint density at radius 3 is 0.364 bits per heavy atom. The normalized spacial score (nSPS) is 10.6. The molecule has 0 radical (unpaired) electrons. The summed E-state index contributed by atoms with van der Waals surface area (Å²) >= 11 is 0. The second kappa shape index (κ2) is 67.2. The van der Waals surface area contributed by atoms with Crippen molar-refractivity contribution in [2.24, 2.45) is 0 Å². The van der Waals surface area contributed by atoms with Gasteiger partial charge in [0, 0.05) is 25.7 Å². The van der Waals surface area contributed by atoms with Crippen molar-refractivity contribution in [3.63, 3.8) is 0 Å². The van der Waals surface area contributed by atoms with Gasteiger partial charge in [-0.15, -0.1) is 0 Å². The minimum atomic E-state index is -0.659. The number of aliphatic carboxylic acids is 4. The molecule has 0 atom stereocenters. The molecule has 0 aromatic carbocycles. The molecule has 0 aliphatic rings. The zero-order valence-corrected chi connectivity index (χ0v) is 44.8. The van der Waals surface area contributed by atoms with Crippen LogP contribution in [0.3, 0.4) is 0 Å². The molecule has 0 aliphatic carbocycles. The predicted molar refractivity (Wildman–Crippen MR) is 284 cm³/mol. The molecule has 396 valence electrons. The zero-order valence-electron chi connectivity index (χ0n) is 44.8. The summed E-state index contributed by atoms with van der Waals surface area (Å²) in [6.45, 7) is 9.00. The highest BCUT2D eigenvalue weighted by Gasteiger charge is 2.00. The Balaban J connectivity index is -0.000000390. The maximum absolute atomic E-state index is 10.3. The monoisotopic (exact) mass is 941 g/mol. The van der Waals surface area contributed by atoms with Crippen LogP contribution in [0.15, 0.2) is 0 Å². The lowest BCUT2D eigenvalue weighted by Crippen LogP contribution is -1.93. The molecule has 0 saturated carbocycles. The highest BCUT2D eigenvalue weighted by atomic mass is 16.4. The molecule has 0 saturated heterocycles. The van der Waals surface area contributed by atoms with Gasteiger partial charge in [-0.25, -0.2) is 0 Å². The third-order valence-corrected chi connectivity index (χ3v) is 12.5. The van der Waals surface area contributed by atoms with Crippen LogP contribution in [0, 0.1) is 0 Å². The molecule has 4 N–H and O–H groups in total. The fraction of sp³-hybridized carbons (Fsp3) is 0.931. The minimum absolute atomic E-state index is 0.343. The van der Waals surface area contributed by atoms with Crippen molar-refractivity contribution in [1.29, 1.82) is 0 Å². The van der Waals surface area contributed by atoms with Gasteiger partial charge >= 0.3 is 23.9 Å². The van der Waals surface area contributed by atoms with Gasteiger partial charge in [0.2, 0.25) is 0 Å². The maximum Gasteiger partial charge on any atom is 0.303 e. The average molecular weight is 942 g/mol. The smallest absolute Gasteiger partial charge is 0.303 e. The Morgan fingerprint density at radius 2 is 0.273 bits per heavy atom. The standard InChI is InChI=1S/2C16H32O2.C14H28O2.C12H24O2/c2*1-2-3-4-5-6-7-8-9-10-11-12-13-14-15-16(17)18;1-2-3-4-5-6-7-8-9-10-11-12-13-14(15)16;1-2-3-4-5-6-7-8-9-10-11-12(13)14/h2*2-15H2,1H3,(H,17,18);2-13H2,1H3,(H,15,16);2-11H2,1H3,(H,13,14). The molecule has 0 bridgehead atoms. The van der Waals surface area contributed by atoms with E-state index in [1.807, 2.05) is 0 Å². The number of rotatable bonds is 50. The van der Waals surface area contributed by atoms with Crippen LogP contribution in [0.25, 0.3) is 0 Å². The van der Waals surface area contributed by atoms with E-state index in [4.69, 9.17) is 20.4 Å². The third kappa shape index (κ3) is 85.2. The number of hydrogen-bond donors (Lipinski definition) is 4. The Labute approximate surface area is 410 Å². The first-order valence-corrected chi connectivity index (χ1v) is 29.0. The van der Waals surface area contributed by atoms with Crippen LogP contribution in [0.2, 0.25) is 0 Å². The first-order chi connectivity index (χ1) is 32.1. The molecule has 8 nitrogen and oxygen atoms in total. The summed E-state index contributed by atoms with van der Waals surface area (Å²) < 4.78 is 0. The summed E-state index contributed by atoms with van der Waals surface area (Å²) in [7, 11) is 0. The molecule has 0 amide bonds. The van der Waals surface area contributed by atoms with E-state index in [9.17, 15) is 19.2 Å². The van der Waals surface area contributed by atoms with Crippen molar-refractivity contribution in [3.8, 4) is 0 Å². The number of unbranched alkanes of at least 4 members (excludes halogenated alkanes) is 42. The number of carboxylic acids is 4. The van der Waals surface area contributed by atoms with Gasteiger partial charge in [0.15, 0.2) is 0 Å². The van der Waals surface area contributed by atoms with Crippen LogP contribution < -0.4 is 0 Å². The topological polar surface area (TPSA) is 149 Å². The fourth-order valence-corrected chi connectivity index (χ4v) is 8.12. The summed E-state index contributed by atoms with van der Waals surface area (Å²) in [4.78, 5) is 41.1. The summed E-state index contributed by atoms with van der Waals surface area (Å²) in [6.07, 6.45) is 60.4. The lowest BCUT2D eigenvalue weighted by molar-refractivity contribution is -0.138. The van der Waals surface area contributed by atoms with E-state index in [0.29, 0.717) is 25.7 Å². The zero-order chi connectivity index (χ0) is 49.7. The molecule has 66 heavy (non-hydrogen) atoms. The lowest BCUT2D eigenvalue weighted by Gasteiger charge is -2.02. The molecule has 0 heterocycles. The van der Waals surface area contributed by atoms with Crippen molar-refractivity contribution in [1.82, 2.24) is 0 Å². The van der Waals surface area contributed by atoms with Gasteiger partial charge in [-0.2, -0.15) is 0 Å². The molecular weight excluding hydrogens is 825 g/mol. The van der Waals surface area contributed by atoms with Crippen LogP contribution in [0.5, 0.6) is 0 Å². The predicted octanol–water partition coefficient (Wildman–Crippen LogP) is 19.9. The minimum Gasteiger partial charge on any atom is -0.481 e. The first-order valence-electron chi connectivity index (χ1n) is 29.0. The summed E-state index contributed by atoms with van der Waals surface area (Å²) in [5.41, 5.74) is 0. The molecule has 0 unspecified atom stereocenters. The maximum atomic E-state index is 10.3. The largest absolute Gasteiger partial charge is 0.481 e.